The largest absolute Gasteiger partial charge is 0.497 e. The van der Waals surface area contributed by atoms with Crippen molar-refractivity contribution in [3.8, 4) is 5.75 Å². The maximum Gasteiger partial charge on any atom is 0.282 e. The van der Waals surface area contributed by atoms with Crippen LogP contribution in [-0.2, 0) is 9.59 Å². The third-order valence-corrected chi connectivity index (χ3v) is 6.85. The van der Waals surface area contributed by atoms with Gasteiger partial charge in [0.1, 0.15) is 11.4 Å². The van der Waals surface area contributed by atoms with E-state index in [9.17, 15) is 9.59 Å². The van der Waals surface area contributed by atoms with Crippen LogP contribution in [0.25, 0.3) is 5.57 Å². The van der Waals surface area contributed by atoms with E-state index in [1.165, 1.54) is 4.90 Å². The average Bonchev–Trinajstić information content (AvgIpc) is 3.05. The summed E-state index contributed by atoms with van der Waals surface area (Å²) in [6.07, 6.45) is 1.87. The Bertz CT molecular complexity index is 1070. The Balaban J connectivity index is 1.78. The Morgan fingerprint density at radius 3 is 2.28 bits per heavy atom. The van der Waals surface area contributed by atoms with Crippen LogP contribution in [0.1, 0.15) is 24.0 Å². The number of likely N-dealkylation sites (tertiary alicyclic amines) is 1. The molecule has 0 saturated carbocycles. The molecule has 0 aromatic heterocycles. The number of anilines is 1. The van der Waals surface area contributed by atoms with Gasteiger partial charge in [-0.1, -0.05) is 29.8 Å². The summed E-state index contributed by atoms with van der Waals surface area (Å²) in [6.45, 7) is 3.80. The molecule has 0 atom stereocenters. The van der Waals surface area contributed by atoms with Gasteiger partial charge in [0.2, 0.25) is 0 Å². The number of benzene rings is 2. The number of hydrogen-bond donors (Lipinski definition) is 0. The van der Waals surface area contributed by atoms with Crippen molar-refractivity contribution in [2.75, 3.05) is 39.2 Å². The molecule has 2 aliphatic heterocycles. The Morgan fingerprint density at radius 2 is 1.69 bits per heavy atom. The van der Waals surface area contributed by atoms with Crippen molar-refractivity contribution in [1.29, 1.82) is 0 Å². The summed E-state index contributed by atoms with van der Waals surface area (Å²) >= 11 is 6.32. The standard InChI is InChI=1S/C25H28ClN3O3/c1-16-5-8-19(15-21(16)26)29-24(30)22(17-6-9-20(32-4)10-7-17)23(25(29)31)28(3)18-11-13-27(2)14-12-18/h5-10,15,18H,11-14H2,1-4H3. The van der Waals surface area contributed by atoms with E-state index < -0.39 is 0 Å². The summed E-state index contributed by atoms with van der Waals surface area (Å²) in [7, 11) is 5.62. The van der Waals surface area contributed by atoms with Crippen LogP contribution in [0.15, 0.2) is 48.2 Å². The van der Waals surface area contributed by atoms with E-state index in [1.54, 1.807) is 31.4 Å². The molecule has 32 heavy (non-hydrogen) atoms. The van der Waals surface area contributed by atoms with Gasteiger partial charge in [-0.3, -0.25) is 9.59 Å². The second-order valence-electron chi connectivity index (χ2n) is 8.48. The number of piperidine rings is 1. The number of rotatable bonds is 5. The molecule has 0 unspecified atom stereocenters. The van der Waals surface area contributed by atoms with Gasteiger partial charge in [0.15, 0.2) is 0 Å². The van der Waals surface area contributed by atoms with Crippen molar-refractivity contribution in [3.05, 3.63) is 64.3 Å². The van der Waals surface area contributed by atoms with E-state index in [1.807, 2.05) is 37.1 Å². The minimum atomic E-state index is -0.338. The van der Waals surface area contributed by atoms with Gasteiger partial charge < -0.3 is 14.5 Å². The lowest BCUT2D eigenvalue weighted by Crippen LogP contribution is -2.43. The summed E-state index contributed by atoms with van der Waals surface area (Å²) in [5.41, 5.74) is 2.91. The molecule has 1 saturated heterocycles. The van der Waals surface area contributed by atoms with E-state index in [-0.39, 0.29) is 17.9 Å². The van der Waals surface area contributed by atoms with Crippen molar-refractivity contribution < 1.29 is 14.3 Å². The molecular formula is C25H28ClN3O3. The van der Waals surface area contributed by atoms with Crippen molar-refractivity contribution in [3.63, 3.8) is 0 Å². The fourth-order valence-corrected chi connectivity index (χ4v) is 4.56. The van der Waals surface area contributed by atoms with E-state index in [0.29, 0.717) is 33.3 Å². The molecule has 7 heteroatoms. The Kier molecular flexibility index (Phi) is 6.26. The van der Waals surface area contributed by atoms with Gasteiger partial charge in [0.05, 0.1) is 18.4 Å². The zero-order valence-corrected chi connectivity index (χ0v) is 19.6. The number of halogens is 1. The lowest BCUT2D eigenvalue weighted by atomic mass is 10.00. The first kappa shape index (κ1) is 22.4. The Labute approximate surface area is 194 Å². The summed E-state index contributed by atoms with van der Waals surface area (Å²) in [5.74, 6) is 0.0375. The highest BCUT2D eigenvalue weighted by Gasteiger charge is 2.43. The van der Waals surface area contributed by atoms with Gasteiger partial charge in [-0.25, -0.2) is 4.90 Å². The molecule has 0 radical (unpaired) electrons. The molecular weight excluding hydrogens is 426 g/mol. The number of carbonyl (C=O) groups is 2. The highest BCUT2D eigenvalue weighted by Crippen LogP contribution is 2.37. The quantitative estimate of drug-likeness (QED) is 0.641. The third-order valence-electron chi connectivity index (χ3n) is 6.44. The molecule has 2 aromatic rings. The van der Waals surface area contributed by atoms with Gasteiger partial charge >= 0.3 is 0 Å². The van der Waals surface area contributed by atoms with E-state index in [2.05, 4.69) is 11.9 Å². The normalized spacial score (nSPS) is 18.0. The highest BCUT2D eigenvalue weighted by atomic mass is 35.5. The summed E-state index contributed by atoms with van der Waals surface area (Å²) in [4.78, 5) is 32.9. The minimum absolute atomic E-state index is 0.188. The minimum Gasteiger partial charge on any atom is -0.497 e. The van der Waals surface area contributed by atoms with Crippen LogP contribution in [0.4, 0.5) is 5.69 Å². The molecule has 2 amide bonds. The van der Waals surface area contributed by atoms with Crippen LogP contribution in [-0.4, -0.2) is 62.0 Å². The number of carbonyl (C=O) groups excluding carboxylic acids is 2. The third kappa shape index (κ3) is 4.00. The number of imide groups is 1. The first-order chi connectivity index (χ1) is 15.3. The second-order valence-corrected chi connectivity index (χ2v) is 8.88. The topological polar surface area (TPSA) is 53.1 Å². The number of nitrogens with zero attached hydrogens (tertiary/aromatic N) is 3. The van der Waals surface area contributed by atoms with Crippen LogP contribution in [0.5, 0.6) is 5.75 Å². The Hall–Kier alpha value is -2.83. The zero-order chi connectivity index (χ0) is 23.0. The maximum absolute atomic E-state index is 13.7. The fourth-order valence-electron chi connectivity index (χ4n) is 4.38. The van der Waals surface area contributed by atoms with Crippen LogP contribution < -0.4 is 9.64 Å². The summed E-state index contributed by atoms with van der Waals surface area (Å²) < 4.78 is 5.27. The predicted octanol–water partition coefficient (Wildman–Crippen LogP) is 3.97. The van der Waals surface area contributed by atoms with Gasteiger partial charge in [-0.05, 0) is 75.3 Å². The molecule has 6 nitrogen and oxygen atoms in total. The first-order valence-electron chi connectivity index (χ1n) is 10.8. The Morgan fingerprint density at radius 1 is 1.03 bits per heavy atom. The van der Waals surface area contributed by atoms with E-state index in [0.717, 1.165) is 31.5 Å². The van der Waals surface area contributed by atoms with Gasteiger partial charge in [-0.15, -0.1) is 0 Å². The monoisotopic (exact) mass is 453 g/mol. The van der Waals surface area contributed by atoms with E-state index >= 15 is 0 Å². The van der Waals surface area contributed by atoms with Gasteiger partial charge in [0.25, 0.3) is 11.8 Å². The number of aryl methyl sites for hydroxylation is 1. The number of amides is 2. The first-order valence-corrected chi connectivity index (χ1v) is 11.1. The molecule has 2 aliphatic rings. The molecule has 1 fully saturated rings. The predicted molar refractivity (Wildman–Crippen MR) is 127 cm³/mol. The molecule has 0 spiro atoms. The SMILES string of the molecule is COc1ccc(C2=C(N(C)C3CCN(C)CC3)C(=O)N(c3ccc(C)c(Cl)c3)C2=O)cc1. The molecule has 0 aliphatic carbocycles. The second kappa shape index (κ2) is 8.96. The number of methoxy groups -OCH3 is 1. The van der Waals surface area contributed by atoms with Gasteiger partial charge in [-0.2, -0.15) is 0 Å². The molecule has 0 bridgehead atoms. The molecule has 2 heterocycles. The van der Waals surface area contributed by atoms with Crippen LogP contribution >= 0.6 is 11.6 Å². The summed E-state index contributed by atoms with van der Waals surface area (Å²) in [6, 6.07) is 12.7. The molecule has 2 aromatic carbocycles. The van der Waals surface area contributed by atoms with E-state index in [4.69, 9.17) is 16.3 Å². The van der Waals surface area contributed by atoms with Gasteiger partial charge in [0, 0.05) is 18.1 Å². The number of likely N-dealkylation sites (N-methyl/N-ethyl adjacent to an activating group) is 1. The van der Waals surface area contributed by atoms with Crippen molar-refractivity contribution in [2.45, 2.75) is 25.8 Å². The molecule has 0 N–H and O–H groups in total. The van der Waals surface area contributed by atoms with Crippen molar-refractivity contribution >= 4 is 34.7 Å². The number of ether oxygens (including phenoxy) is 1. The van der Waals surface area contributed by atoms with Crippen molar-refractivity contribution in [2.24, 2.45) is 0 Å². The van der Waals surface area contributed by atoms with Crippen LogP contribution in [0.3, 0.4) is 0 Å². The smallest absolute Gasteiger partial charge is 0.282 e. The number of hydrogen-bond acceptors (Lipinski definition) is 5. The highest BCUT2D eigenvalue weighted by molar-refractivity contribution is 6.45. The zero-order valence-electron chi connectivity index (χ0n) is 18.9. The maximum atomic E-state index is 13.7. The van der Waals surface area contributed by atoms with Crippen molar-refractivity contribution in [1.82, 2.24) is 9.80 Å². The van der Waals surface area contributed by atoms with Crippen LogP contribution in [0.2, 0.25) is 5.02 Å². The fraction of sp³-hybridized carbons (Fsp3) is 0.360. The lowest BCUT2D eigenvalue weighted by Gasteiger charge is -2.36. The lowest BCUT2D eigenvalue weighted by molar-refractivity contribution is -0.120. The summed E-state index contributed by atoms with van der Waals surface area (Å²) in [5, 5.41) is 0.520. The molecule has 168 valence electrons. The average molecular weight is 454 g/mol. The molecule has 4 rings (SSSR count). The van der Waals surface area contributed by atoms with Crippen LogP contribution in [0, 0.1) is 6.92 Å².